The molecule has 0 amide bonds. The van der Waals surface area contributed by atoms with E-state index in [0.717, 1.165) is 22.6 Å². The Morgan fingerprint density at radius 2 is 1.87 bits per heavy atom. The van der Waals surface area contributed by atoms with Crippen molar-refractivity contribution in [1.29, 1.82) is 0 Å². The van der Waals surface area contributed by atoms with Gasteiger partial charge in [0.1, 0.15) is 0 Å². The van der Waals surface area contributed by atoms with Gasteiger partial charge in [-0.2, -0.15) is 0 Å². The molecule has 0 aromatic carbocycles. The molecule has 15 heavy (non-hydrogen) atoms. The second-order valence-electron chi connectivity index (χ2n) is 5.26. The zero-order valence-corrected chi connectivity index (χ0v) is 10.2. The third-order valence-corrected chi connectivity index (χ3v) is 5.86. The number of piperidine rings is 1. The first kappa shape index (κ1) is 10.4. The first-order valence-corrected chi connectivity index (χ1v) is 7.50. The molecular weight excluding hydrogens is 204 g/mol. The largest absolute Gasteiger partial charge is 0.316 e. The molecule has 2 aliphatic heterocycles. The van der Waals surface area contributed by atoms with Crippen LogP contribution in [0.25, 0.3) is 0 Å². The summed E-state index contributed by atoms with van der Waals surface area (Å²) in [6.45, 7) is 2.44. The molecule has 2 N–H and O–H groups in total. The maximum absolute atomic E-state index is 3.89. The number of fused-ring (bicyclic) bond motifs is 1. The van der Waals surface area contributed by atoms with E-state index in [0.29, 0.717) is 0 Å². The fourth-order valence-corrected chi connectivity index (χ4v) is 5.03. The number of thioether (sulfide) groups is 1. The van der Waals surface area contributed by atoms with Crippen molar-refractivity contribution in [2.75, 3.05) is 13.1 Å². The number of rotatable bonds is 1. The number of hydrogen-bond donors (Lipinski definition) is 2. The Morgan fingerprint density at radius 1 is 1.00 bits per heavy atom. The van der Waals surface area contributed by atoms with Crippen molar-refractivity contribution in [3.05, 3.63) is 0 Å². The van der Waals surface area contributed by atoms with E-state index < -0.39 is 0 Å². The predicted octanol–water partition coefficient (Wildman–Crippen LogP) is 1.96. The van der Waals surface area contributed by atoms with Gasteiger partial charge in [0.25, 0.3) is 0 Å². The molecule has 3 rings (SSSR count). The molecule has 1 aliphatic carbocycles. The lowest BCUT2D eigenvalue weighted by atomic mass is 9.89. The van der Waals surface area contributed by atoms with Crippen molar-refractivity contribution < 1.29 is 0 Å². The normalized spacial score (nSPS) is 42.8. The number of hydrogen-bond acceptors (Lipinski definition) is 3. The topological polar surface area (TPSA) is 24.1 Å². The monoisotopic (exact) mass is 226 g/mol. The third kappa shape index (κ3) is 2.20. The maximum atomic E-state index is 3.89. The van der Waals surface area contributed by atoms with E-state index in [2.05, 4.69) is 22.4 Å². The third-order valence-electron chi connectivity index (χ3n) is 4.20. The lowest BCUT2D eigenvalue weighted by molar-refractivity contribution is 0.307. The van der Waals surface area contributed by atoms with Crippen molar-refractivity contribution >= 4 is 11.8 Å². The van der Waals surface area contributed by atoms with Gasteiger partial charge in [-0.05, 0) is 31.7 Å². The van der Waals surface area contributed by atoms with Gasteiger partial charge in [0.15, 0.2) is 0 Å². The molecule has 2 heterocycles. The van der Waals surface area contributed by atoms with Crippen LogP contribution in [-0.2, 0) is 0 Å². The van der Waals surface area contributed by atoms with Gasteiger partial charge in [-0.25, -0.2) is 0 Å². The fourth-order valence-electron chi connectivity index (χ4n) is 3.29. The smallest absolute Gasteiger partial charge is 0.0567 e. The van der Waals surface area contributed by atoms with Crippen LogP contribution in [0.1, 0.15) is 38.5 Å². The molecule has 3 fully saturated rings. The first-order valence-electron chi connectivity index (χ1n) is 6.56. The summed E-state index contributed by atoms with van der Waals surface area (Å²) in [7, 11) is 0. The summed E-state index contributed by atoms with van der Waals surface area (Å²) < 4.78 is 0. The molecule has 3 heteroatoms. The van der Waals surface area contributed by atoms with Crippen molar-refractivity contribution in [3.63, 3.8) is 0 Å². The molecule has 3 unspecified atom stereocenters. The molecule has 1 saturated carbocycles. The molecule has 0 aromatic rings. The Labute approximate surface area is 97.0 Å². The minimum atomic E-state index is 0.778. The molecule has 2 nitrogen and oxygen atoms in total. The average molecular weight is 226 g/mol. The van der Waals surface area contributed by atoms with Crippen LogP contribution < -0.4 is 10.6 Å². The summed E-state index contributed by atoms with van der Waals surface area (Å²) in [5.41, 5.74) is 0. The Kier molecular flexibility index (Phi) is 3.23. The van der Waals surface area contributed by atoms with Crippen LogP contribution in [0.4, 0.5) is 0 Å². The second-order valence-corrected chi connectivity index (χ2v) is 6.64. The van der Waals surface area contributed by atoms with E-state index in [9.17, 15) is 0 Å². The van der Waals surface area contributed by atoms with Gasteiger partial charge >= 0.3 is 0 Å². The lowest BCUT2D eigenvalue weighted by Gasteiger charge is -2.27. The van der Waals surface area contributed by atoms with Crippen LogP contribution in [0.5, 0.6) is 0 Å². The van der Waals surface area contributed by atoms with Crippen molar-refractivity contribution in [2.24, 2.45) is 5.92 Å². The maximum Gasteiger partial charge on any atom is 0.0567 e. The first-order chi connectivity index (χ1) is 7.43. The van der Waals surface area contributed by atoms with Gasteiger partial charge in [0.2, 0.25) is 0 Å². The molecule has 3 aliphatic rings. The highest BCUT2D eigenvalue weighted by Crippen LogP contribution is 2.39. The zero-order chi connectivity index (χ0) is 10.1. The van der Waals surface area contributed by atoms with Gasteiger partial charge in [-0.15, -0.1) is 11.8 Å². The lowest BCUT2D eigenvalue weighted by Crippen LogP contribution is -2.45. The van der Waals surface area contributed by atoms with Gasteiger partial charge in [0.05, 0.1) is 5.37 Å². The summed E-state index contributed by atoms with van der Waals surface area (Å²) in [4.78, 5) is 0. The Bertz CT molecular complexity index is 202. The second kappa shape index (κ2) is 4.64. The van der Waals surface area contributed by atoms with Crippen LogP contribution in [-0.4, -0.2) is 29.8 Å². The van der Waals surface area contributed by atoms with Crippen molar-refractivity contribution in [3.8, 4) is 0 Å². The molecule has 3 atom stereocenters. The average Bonchev–Trinajstić information content (AvgIpc) is 2.74. The highest BCUT2D eigenvalue weighted by molar-refractivity contribution is 8.00. The van der Waals surface area contributed by atoms with E-state index in [4.69, 9.17) is 0 Å². The van der Waals surface area contributed by atoms with Crippen molar-refractivity contribution in [1.82, 2.24) is 10.6 Å². The van der Waals surface area contributed by atoms with Gasteiger partial charge in [-0.3, -0.25) is 0 Å². The highest BCUT2D eigenvalue weighted by atomic mass is 32.2. The molecule has 2 saturated heterocycles. The summed E-state index contributed by atoms with van der Waals surface area (Å²) >= 11 is 2.23. The van der Waals surface area contributed by atoms with Gasteiger partial charge in [0, 0.05) is 17.8 Å². The molecule has 0 aromatic heterocycles. The van der Waals surface area contributed by atoms with Crippen LogP contribution >= 0.6 is 11.8 Å². The van der Waals surface area contributed by atoms with Crippen LogP contribution in [0.2, 0.25) is 0 Å². The zero-order valence-electron chi connectivity index (χ0n) is 9.37. The van der Waals surface area contributed by atoms with E-state index >= 15 is 0 Å². The SMILES string of the molecule is C1CCC(C2NC3CCNCC3S2)CC1. The Hall–Kier alpha value is 0.270. The Morgan fingerprint density at radius 3 is 2.67 bits per heavy atom. The standard InChI is InChI=1S/C12H22N2S/c1-2-4-9(5-3-1)12-14-10-6-7-13-8-11(10)15-12/h9-14H,1-8H2. The van der Waals surface area contributed by atoms with Crippen LogP contribution in [0.3, 0.4) is 0 Å². The number of nitrogens with one attached hydrogen (secondary N) is 2. The summed E-state index contributed by atoms with van der Waals surface area (Å²) in [6, 6.07) is 0.808. The van der Waals surface area contributed by atoms with Crippen LogP contribution in [0, 0.1) is 5.92 Å². The molecule has 86 valence electrons. The molecule has 0 spiro atoms. The van der Waals surface area contributed by atoms with E-state index in [1.807, 2.05) is 0 Å². The van der Waals surface area contributed by atoms with Crippen LogP contribution in [0.15, 0.2) is 0 Å². The fraction of sp³-hybridized carbons (Fsp3) is 1.00. The summed E-state index contributed by atoms with van der Waals surface area (Å²) in [5, 5.41) is 9.03. The van der Waals surface area contributed by atoms with Crippen molar-refractivity contribution in [2.45, 2.75) is 55.2 Å². The minimum absolute atomic E-state index is 0.778. The van der Waals surface area contributed by atoms with E-state index in [-0.39, 0.29) is 0 Å². The van der Waals surface area contributed by atoms with E-state index in [1.165, 1.54) is 51.6 Å². The Balaban J connectivity index is 1.59. The molecular formula is C12H22N2S. The predicted molar refractivity (Wildman–Crippen MR) is 66.2 cm³/mol. The van der Waals surface area contributed by atoms with E-state index in [1.54, 1.807) is 0 Å². The summed E-state index contributed by atoms with van der Waals surface area (Å²) in [5.74, 6) is 0.967. The quantitative estimate of drug-likeness (QED) is 0.715. The van der Waals surface area contributed by atoms with Gasteiger partial charge < -0.3 is 10.6 Å². The minimum Gasteiger partial charge on any atom is -0.316 e. The molecule has 0 bridgehead atoms. The molecule has 0 radical (unpaired) electrons. The highest BCUT2D eigenvalue weighted by Gasteiger charge is 2.39. The van der Waals surface area contributed by atoms with Gasteiger partial charge in [-0.1, -0.05) is 19.3 Å². The summed E-state index contributed by atoms with van der Waals surface area (Å²) in [6.07, 6.45) is 8.69.